The molecule has 46 heavy (non-hydrogen) atoms. The maximum atomic E-state index is 11.9. The second-order valence-corrected chi connectivity index (χ2v) is 14.8. The molecule has 0 aromatic rings. The van der Waals surface area contributed by atoms with Crippen molar-refractivity contribution in [3.8, 4) is 0 Å². The van der Waals surface area contributed by atoms with Gasteiger partial charge >= 0.3 is 11.9 Å². The summed E-state index contributed by atoms with van der Waals surface area (Å²) in [5, 5.41) is 0. The van der Waals surface area contributed by atoms with Gasteiger partial charge in [0.15, 0.2) is 0 Å². The Bertz CT molecular complexity index is 579. The number of carbonyl (C=O) groups is 2. The Morgan fingerprint density at radius 3 is 0.978 bits per heavy atom. The van der Waals surface area contributed by atoms with Crippen LogP contribution in [0.3, 0.4) is 0 Å². The first-order chi connectivity index (χ1) is 22.5. The van der Waals surface area contributed by atoms with Crippen molar-refractivity contribution >= 4 is 11.9 Å². The highest BCUT2D eigenvalue weighted by Crippen LogP contribution is 2.21. The monoisotopic (exact) mass is 651 g/mol. The van der Waals surface area contributed by atoms with Crippen LogP contribution in [0.5, 0.6) is 0 Å². The fraction of sp³-hybridized carbons (Fsp3) is 0.952. The molecule has 2 unspecified atom stereocenters. The maximum absolute atomic E-state index is 11.9. The van der Waals surface area contributed by atoms with Gasteiger partial charge < -0.3 is 9.47 Å². The van der Waals surface area contributed by atoms with Crippen molar-refractivity contribution in [3.63, 3.8) is 0 Å². The number of hydrogen-bond donors (Lipinski definition) is 0. The molecular weight excluding hydrogens is 568 g/mol. The zero-order valence-corrected chi connectivity index (χ0v) is 31.8. The number of rotatable bonds is 37. The quantitative estimate of drug-likeness (QED) is 0.0496. The van der Waals surface area contributed by atoms with Gasteiger partial charge in [-0.3, -0.25) is 9.59 Å². The molecule has 4 nitrogen and oxygen atoms in total. The Kier molecular flexibility index (Phi) is 35.9. The van der Waals surface area contributed by atoms with E-state index in [-0.39, 0.29) is 11.9 Å². The fourth-order valence-corrected chi connectivity index (χ4v) is 6.49. The third-order valence-electron chi connectivity index (χ3n) is 9.82. The van der Waals surface area contributed by atoms with Crippen LogP contribution in [-0.4, -0.2) is 25.2 Å². The highest BCUT2D eigenvalue weighted by atomic mass is 16.5. The van der Waals surface area contributed by atoms with E-state index in [1.54, 1.807) is 0 Å². The lowest BCUT2D eigenvalue weighted by atomic mass is 9.93. The Balaban J connectivity index is 3.38. The highest BCUT2D eigenvalue weighted by Gasteiger charge is 2.07. The first-order valence-corrected chi connectivity index (χ1v) is 20.8. The van der Waals surface area contributed by atoms with Gasteiger partial charge in [-0.2, -0.15) is 0 Å². The molecule has 0 saturated carbocycles. The molecule has 0 aromatic heterocycles. The van der Waals surface area contributed by atoms with Gasteiger partial charge in [0.1, 0.15) is 0 Å². The van der Waals surface area contributed by atoms with Gasteiger partial charge in [0.25, 0.3) is 0 Å². The molecule has 2 atom stereocenters. The molecule has 0 radical (unpaired) electrons. The highest BCUT2D eigenvalue weighted by molar-refractivity contribution is 5.69. The van der Waals surface area contributed by atoms with E-state index in [1.165, 1.54) is 167 Å². The van der Waals surface area contributed by atoms with E-state index in [4.69, 9.17) is 9.47 Å². The molecular formula is C42H82O4. The molecule has 0 heterocycles. The summed E-state index contributed by atoms with van der Waals surface area (Å²) in [6, 6.07) is 0. The van der Waals surface area contributed by atoms with E-state index in [0.717, 1.165) is 37.5 Å². The van der Waals surface area contributed by atoms with Crippen LogP contribution in [0.25, 0.3) is 0 Å². The number of ether oxygens (including phenoxy) is 2. The smallest absolute Gasteiger partial charge is 0.305 e. The van der Waals surface area contributed by atoms with Gasteiger partial charge in [0.05, 0.1) is 13.2 Å². The van der Waals surface area contributed by atoms with Gasteiger partial charge in [-0.15, -0.1) is 0 Å². The molecule has 0 aliphatic heterocycles. The van der Waals surface area contributed by atoms with Crippen LogP contribution in [-0.2, 0) is 19.1 Å². The van der Waals surface area contributed by atoms with E-state index < -0.39 is 0 Å². The molecule has 0 saturated heterocycles. The molecule has 0 aliphatic carbocycles. The van der Waals surface area contributed by atoms with E-state index in [9.17, 15) is 9.59 Å². The molecule has 0 bridgehead atoms. The van der Waals surface area contributed by atoms with Crippen molar-refractivity contribution in [2.45, 2.75) is 233 Å². The third kappa shape index (κ3) is 35.8. The predicted octanol–water partition coefficient (Wildman–Crippen LogP) is 13.9. The summed E-state index contributed by atoms with van der Waals surface area (Å²) in [6.07, 6.45) is 39.1. The van der Waals surface area contributed by atoms with Gasteiger partial charge in [-0.05, 0) is 37.5 Å². The Morgan fingerprint density at radius 2 is 0.630 bits per heavy atom. The summed E-state index contributed by atoms with van der Waals surface area (Å²) in [4.78, 5) is 23.7. The van der Waals surface area contributed by atoms with Crippen LogP contribution in [0.4, 0.5) is 0 Å². The van der Waals surface area contributed by atoms with Crippen LogP contribution >= 0.6 is 0 Å². The standard InChI is InChI=1S/C42H82O4/c1-5-7-9-11-13-19-25-35-41(43)45-37-29-21-15-17-23-31-39(3)33-27-28-34-40(4)32-24-18-16-22-30-38-46-42(44)36-26-20-14-12-10-8-6-2/h39-40H,5-38H2,1-4H3. The number of hydrogen-bond acceptors (Lipinski definition) is 4. The minimum atomic E-state index is 0.00776. The van der Waals surface area contributed by atoms with Crippen molar-refractivity contribution < 1.29 is 19.1 Å². The second-order valence-electron chi connectivity index (χ2n) is 14.8. The summed E-state index contributed by atoms with van der Waals surface area (Å²) < 4.78 is 10.8. The normalized spacial score (nSPS) is 12.7. The van der Waals surface area contributed by atoms with Crippen molar-refractivity contribution in [3.05, 3.63) is 0 Å². The topological polar surface area (TPSA) is 52.6 Å². The molecule has 274 valence electrons. The van der Waals surface area contributed by atoms with E-state index in [2.05, 4.69) is 27.7 Å². The Hall–Kier alpha value is -1.06. The molecule has 0 amide bonds. The van der Waals surface area contributed by atoms with Gasteiger partial charge in [-0.25, -0.2) is 0 Å². The van der Waals surface area contributed by atoms with Crippen molar-refractivity contribution in [2.24, 2.45) is 11.8 Å². The van der Waals surface area contributed by atoms with Gasteiger partial charge in [0.2, 0.25) is 0 Å². The first-order valence-electron chi connectivity index (χ1n) is 20.8. The number of unbranched alkanes of at least 4 members (excludes halogenated alkanes) is 21. The van der Waals surface area contributed by atoms with Crippen LogP contribution in [0.15, 0.2) is 0 Å². The molecule has 0 aliphatic rings. The van der Waals surface area contributed by atoms with Gasteiger partial charge in [0, 0.05) is 12.8 Å². The zero-order valence-electron chi connectivity index (χ0n) is 31.8. The van der Waals surface area contributed by atoms with E-state index >= 15 is 0 Å². The van der Waals surface area contributed by atoms with Crippen molar-refractivity contribution in [1.29, 1.82) is 0 Å². The number of esters is 2. The summed E-state index contributed by atoms with van der Waals surface area (Å²) in [5.41, 5.74) is 0. The molecule has 0 N–H and O–H groups in total. The fourth-order valence-electron chi connectivity index (χ4n) is 6.49. The van der Waals surface area contributed by atoms with Crippen molar-refractivity contribution in [2.75, 3.05) is 13.2 Å². The Labute approximate surface area is 288 Å². The minimum absolute atomic E-state index is 0.00776. The van der Waals surface area contributed by atoms with Gasteiger partial charge in [-0.1, -0.05) is 195 Å². The lowest BCUT2D eigenvalue weighted by molar-refractivity contribution is -0.144. The van der Waals surface area contributed by atoms with Crippen LogP contribution < -0.4 is 0 Å². The van der Waals surface area contributed by atoms with Crippen LogP contribution in [0.1, 0.15) is 233 Å². The Morgan fingerprint density at radius 1 is 0.370 bits per heavy atom. The van der Waals surface area contributed by atoms with E-state index in [0.29, 0.717) is 26.1 Å². The van der Waals surface area contributed by atoms with Crippen LogP contribution in [0, 0.1) is 11.8 Å². The van der Waals surface area contributed by atoms with Crippen molar-refractivity contribution in [1.82, 2.24) is 0 Å². The lowest BCUT2D eigenvalue weighted by Crippen LogP contribution is -2.05. The average molecular weight is 651 g/mol. The van der Waals surface area contributed by atoms with E-state index in [1.807, 2.05) is 0 Å². The molecule has 0 fully saturated rings. The number of carbonyl (C=O) groups excluding carboxylic acids is 2. The largest absolute Gasteiger partial charge is 0.466 e. The second kappa shape index (κ2) is 36.8. The average Bonchev–Trinajstić information content (AvgIpc) is 3.04. The molecule has 0 rings (SSSR count). The third-order valence-corrected chi connectivity index (χ3v) is 9.82. The van der Waals surface area contributed by atoms with Crippen LogP contribution in [0.2, 0.25) is 0 Å². The maximum Gasteiger partial charge on any atom is 0.305 e. The molecule has 4 heteroatoms. The summed E-state index contributed by atoms with van der Waals surface area (Å²) in [6.45, 7) is 10.6. The first kappa shape index (κ1) is 44.9. The lowest BCUT2D eigenvalue weighted by Gasteiger charge is -2.14. The summed E-state index contributed by atoms with van der Waals surface area (Å²) >= 11 is 0. The zero-order chi connectivity index (χ0) is 33.8. The minimum Gasteiger partial charge on any atom is -0.466 e. The molecule has 0 aromatic carbocycles. The summed E-state index contributed by atoms with van der Waals surface area (Å²) in [5.74, 6) is 1.71. The summed E-state index contributed by atoms with van der Waals surface area (Å²) in [7, 11) is 0. The molecule has 0 spiro atoms. The SMILES string of the molecule is CCCCCCCCCC(=O)OCCCCCCCC(C)CCCCC(C)CCCCCCCOC(=O)CCCCCCCCC. The predicted molar refractivity (Wildman–Crippen MR) is 199 cm³/mol.